The minimum Gasteiger partial charge on any atom is -0.385 e. The minimum absolute atomic E-state index is 0.372. The zero-order chi connectivity index (χ0) is 16.1. The van der Waals surface area contributed by atoms with Gasteiger partial charge in [0.1, 0.15) is 10.6 Å². The van der Waals surface area contributed by atoms with E-state index in [0.717, 1.165) is 22.8 Å². The largest absolute Gasteiger partial charge is 0.385 e. The molecule has 2 heterocycles. The van der Waals surface area contributed by atoms with Crippen molar-refractivity contribution in [2.24, 2.45) is 0 Å². The molecule has 0 radical (unpaired) electrons. The van der Waals surface area contributed by atoms with E-state index in [1.165, 1.54) is 0 Å². The molecule has 1 aliphatic rings. The monoisotopic (exact) mass is 333 g/mol. The predicted molar refractivity (Wildman–Crippen MR) is 92.5 cm³/mol. The zero-order valence-corrected chi connectivity index (χ0v) is 14.2. The fourth-order valence-corrected chi connectivity index (χ4v) is 3.62. The Morgan fingerprint density at radius 2 is 2.22 bits per heavy atom. The molecular formula is C17H23N3O2S. The van der Waals surface area contributed by atoms with Gasteiger partial charge in [-0.25, -0.2) is 4.98 Å². The number of β-amino-alcohol motifs (C(OH)–C–C–N with tert-alkyl or cyclic N) is 1. The SMILES string of the molecule is CN(Cc1csc(-c2ccccc2)n1)C[C@]1(O)CNCCOC1. The third-order valence-electron chi connectivity index (χ3n) is 3.82. The fourth-order valence-electron chi connectivity index (χ4n) is 2.81. The molecule has 5 nitrogen and oxygen atoms in total. The highest BCUT2D eigenvalue weighted by Crippen LogP contribution is 2.24. The first-order valence-corrected chi connectivity index (χ1v) is 8.72. The smallest absolute Gasteiger partial charge is 0.123 e. The summed E-state index contributed by atoms with van der Waals surface area (Å²) < 4.78 is 5.47. The van der Waals surface area contributed by atoms with Crippen molar-refractivity contribution in [3.63, 3.8) is 0 Å². The zero-order valence-electron chi connectivity index (χ0n) is 13.4. The highest BCUT2D eigenvalue weighted by molar-refractivity contribution is 7.13. The molecule has 0 unspecified atom stereocenters. The quantitative estimate of drug-likeness (QED) is 0.870. The summed E-state index contributed by atoms with van der Waals surface area (Å²) in [6.45, 7) is 3.64. The summed E-state index contributed by atoms with van der Waals surface area (Å²) in [6, 6.07) is 10.2. The maximum absolute atomic E-state index is 10.6. The van der Waals surface area contributed by atoms with E-state index in [1.54, 1.807) is 11.3 Å². The molecule has 0 aliphatic carbocycles. The molecule has 2 N–H and O–H groups in total. The second kappa shape index (κ2) is 7.51. The van der Waals surface area contributed by atoms with Gasteiger partial charge >= 0.3 is 0 Å². The molecule has 23 heavy (non-hydrogen) atoms. The summed E-state index contributed by atoms with van der Waals surface area (Å²) in [6.07, 6.45) is 0. The standard InChI is InChI=1S/C17H23N3O2S/c1-20(12-17(21)11-18-7-8-22-13-17)9-15-10-23-16(19-15)14-5-3-2-4-6-14/h2-6,10,18,21H,7-9,11-13H2,1H3/t17-/m1/s1. The maximum atomic E-state index is 10.6. The van der Waals surface area contributed by atoms with Crippen LogP contribution < -0.4 is 5.32 Å². The molecule has 3 rings (SSSR count). The van der Waals surface area contributed by atoms with Gasteiger partial charge < -0.3 is 15.2 Å². The molecule has 1 aliphatic heterocycles. The van der Waals surface area contributed by atoms with Crippen LogP contribution in [0.5, 0.6) is 0 Å². The number of likely N-dealkylation sites (N-methyl/N-ethyl adjacent to an activating group) is 1. The van der Waals surface area contributed by atoms with E-state index in [9.17, 15) is 5.11 Å². The Bertz CT molecular complexity index is 609. The molecule has 0 spiro atoms. The number of hydrogen-bond acceptors (Lipinski definition) is 6. The molecule has 6 heteroatoms. The van der Waals surface area contributed by atoms with Crippen LogP contribution in [-0.4, -0.2) is 60.5 Å². The van der Waals surface area contributed by atoms with Gasteiger partial charge in [0.05, 0.1) is 18.9 Å². The van der Waals surface area contributed by atoms with Crippen molar-refractivity contribution in [3.05, 3.63) is 41.4 Å². The first-order valence-electron chi connectivity index (χ1n) is 7.84. The van der Waals surface area contributed by atoms with Gasteiger partial charge in [0.15, 0.2) is 0 Å². The number of nitrogens with one attached hydrogen (secondary N) is 1. The first-order chi connectivity index (χ1) is 11.1. The Morgan fingerprint density at radius 3 is 3.04 bits per heavy atom. The molecule has 1 aromatic heterocycles. The van der Waals surface area contributed by atoms with Crippen molar-refractivity contribution in [2.75, 3.05) is 39.9 Å². The van der Waals surface area contributed by atoms with Crippen LogP contribution in [0.3, 0.4) is 0 Å². The molecule has 0 amide bonds. The predicted octanol–water partition coefficient (Wildman–Crippen LogP) is 1.59. The van der Waals surface area contributed by atoms with Crippen molar-refractivity contribution in [2.45, 2.75) is 12.1 Å². The highest BCUT2D eigenvalue weighted by atomic mass is 32.1. The Morgan fingerprint density at radius 1 is 1.39 bits per heavy atom. The molecule has 0 bridgehead atoms. The topological polar surface area (TPSA) is 57.6 Å². The Kier molecular flexibility index (Phi) is 5.40. The number of aliphatic hydroxyl groups is 1. The molecule has 1 atom stereocenters. The number of ether oxygens (including phenoxy) is 1. The maximum Gasteiger partial charge on any atom is 0.123 e. The van der Waals surface area contributed by atoms with E-state index in [2.05, 4.69) is 27.7 Å². The van der Waals surface area contributed by atoms with Gasteiger partial charge in [-0.3, -0.25) is 4.90 Å². The molecule has 0 saturated carbocycles. The average Bonchev–Trinajstić information content (AvgIpc) is 2.89. The minimum atomic E-state index is -0.844. The Labute approximate surface area is 140 Å². The van der Waals surface area contributed by atoms with Crippen LogP contribution >= 0.6 is 11.3 Å². The summed E-state index contributed by atoms with van der Waals surface area (Å²) in [4.78, 5) is 6.80. The van der Waals surface area contributed by atoms with Crippen LogP contribution in [-0.2, 0) is 11.3 Å². The normalized spacial score (nSPS) is 22.2. The summed E-state index contributed by atoms with van der Waals surface area (Å²) in [5, 5.41) is 17.0. The van der Waals surface area contributed by atoms with Gasteiger partial charge in [0.2, 0.25) is 0 Å². The number of benzene rings is 1. The molecule has 1 aromatic carbocycles. The molecule has 124 valence electrons. The van der Waals surface area contributed by atoms with Crippen LogP contribution in [0.15, 0.2) is 35.7 Å². The second-order valence-electron chi connectivity index (χ2n) is 6.14. The van der Waals surface area contributed by atoms with E-state index in [1.807, 2.05) is 25.2 Å². The van der Waals surface area contributed by atoms with E-state index < -0.39 is 5.60 Å². The van der Waals surface area contributed by atoms with Crippen LogP contribution in [0, 0.1) is 0 Å². The van der Waals surface area contributed by atoms with Gasteiger partial charge in [0, 0.05) is 37.1 Å². The Balaban J connectivity index is 1.60. The summed E-state index contributed by atoms with van der Waals surface area (Å²) >= 11 is 1.66. The van der Waals surface area contributed by atoms with E-state index in [0.29, 0.717) is 32.8 Å². The lowest BCUT2D eigenvalue weighted by atomic mass is 10.1. The third kappa shape index (κ3) is 4.59. The molecule has 2 aromatic rings. The van der Waals surface area contributed by atoms with Crippen LogP contribution in [0.25, 0.3) is 10.6 Å². The highest BCUT2D eigenvalue weighted by Gasteiger charge is 2.30. The van der Waals surface area contributed by atoms with Gasteiger partial charge in [-0.15, -0.1) is 11.3 Å². The van der Waals surface area contributed by atoms with Crippen LogP contribution in [0.2, 0.25) is 0 Å². The van der Waals surface area contributed by atoms with E-state index in [-0.39, 0.29) is 0 Å². The van der Waals surface area contributed by atoms with Gasteiger partial charge in [0.25, 0.3) is 0 Å². The number of thiazole rings is 1. The first kappa shape index (κ1) is 16.5. The number of hydrogen-bond donors (Lipinski definition) is 2. The van der Waals surface area contributed by atoms with Gasteiger partial charge in [-0.05, 0) is 7.05 Å². The van der Waals surface area contributed by atoms with Crippen LogP contribution in [0.1, 0.15) is 5.69 Å². The number of rotatable bonds is 5. The second-order valence-corrected chi connectivity index (χ2v) is 6.99. The molecule has 1 fully saturated rings. The summed E-state index contributed by atoms with van der Waals surface area (Å²) in [5.41, 5.74) is 1.33. The molecular weight excluding hydrogens is 310 g/mol. The van der Waals surface area contributed by atoms with Gasteiger partial charge in [-0.2, -0.15) is 0 Å². The average molecular weight is 333 g/mol. The Hall–Kier alpha value is -1.31. The number of nitrogens with zero attached hydrogens (tertiary/aromatic N) is 2. The van der Waals surface area contributed by atoms with Gasteiger partial charge in [-0.1, -0.05) is 30.3 Å². The lowest BCUT2D eigenvalue weighted by Gasteiger charge is -2.30. The van der Waals surface area contributed by atoms with E-state index >= 15 is 0 Å². The van der Waals surface area contributed by atoms with E-state index in [4.69, 9.17) is 9.72 Å². The molecule has 1 saturated heterocycles. The summed E-state index contributed by atoms with van der Waals surface area (Å²) in [7, 11) is 2.00. The number of aromatic nitrogens is 1. The van der Waals surface area contributed by atoms with Crippen molar-refractivity contribution >= 4 is 11.3 Å². The fraction of sp³-hybridized carbons (Fsp3) is 0.471. The lowest BCUT2D eigenvalue weighted by molar-refractivity contribution is -0.0462. The van der Waals surface area contributed by atoms with Crippen molar-refractivity contribution in [3.8, 4) is 10.6 Å². The van der Waals surface area contributed by atoms with Crippen molar-refractivity contribution < 1.29 is 9.84 Å². The third-order valence-corrected chi connectivity index (χ3v) is 4.76. The van der Waals surface area contributed by atoms with Crippen LogP contribution in [0.4, 0.5) is 0 Å². The van der Waals surface area contributed by atoms with Crippen molar-refractivity contribution in [1.82, 2.24) is 15.2 Å². The lowest BCUT2D eigenvalue weighted by Crippen LogP contribution is -2.50. The summed E-state index contributed by atoms with van der Waals surface area (Å²) in [5.74, 6) is 0. The van der Waals surface area contributed by atoms with Crippen molar-refractivity contribution in [1.29, 1.82) is 0 Å².